The third-order valence-corrected chi connectivity index (χ3v) is 3.10. The Morgan fingerprint density at radius 1 is 0.852 bits per heavy atom. The van der Waals surface area contributed by atoms with Crippen LogP contribution in [-0.4, -0.2) is 5.78 Å². The molecule has 0 bridgehead atoms. The Morgan fingerprint density at radius 3 is 1.70 bits per heavy atom. The molecule has 0 aliphatic heterocycles. The standard InChI is InChI=1S/C9H8F3NO.C8H5F3N2/c1-5(14)6-2-7(9(10,11)12)4-8(13)3-6;9-8(10,11)6-1-5(4-12)2-7(13)3-6/h2-4H,13H2,1H3;1-3H,13H2. The number of ketones is 1. The Morgan fingerprint density at radius 2 is 1.30 bits per heavy atom. The molecule has 10 heteroatoms. The zero-order valence-electron chi connectivity index (χ0n) is 13.7. The third kappa shape index (κ3) is 6.54. The SMILES string of the molecule is CC(=O)c1cc(N)cc(C(F)(F)F)c1.N#Cc1cc(N)cc(C(F)(F)F)c1. The average Bonchev–Trinajstić information content (AvgIpc) is 2.52. The maximum Gasteiger partial charge on any atom is 0.416 e. The van der Waals surface area contributed by atoms with E-state index in [0.717, 1.165) is 24.3 Å². The molecule has 0 saturated heterocycles. The molecule has 0 spiro atoms. The van der Waals surface area contributed by atoms with Crippen molar-refractivity contribution in [3.05, 3.63) is 58.7 Å². The Balaban J connectivity index is 0.000000271. The van der Waals surface area contributed by atoms with Gasteiger partial charge < -0.3 is 11.5 Å². The normalized spacial score (nSPS) is 11.2. The molecule has 4 nitrogen and oxygen atoms in total. The van der Waals surface area contributed by atoms with Gasteiger partial charge in [0.2, 0.25) is 0 Å². The van der Waals surface area contributed by atoms with Gasteiger partial charge >= 0.3 is 12.4 Å². The van der Waals surface area contributed by atoms with Gasteiger partial charge in [0.05, 0.1) is 22.8 Å². The van der Waals surface area contributed by atoms with Crippen LogP contribution in [-0.2, 0) is 12.4 Å². The monoisotopic (exact) mass is 389 g/mol. The van der Waals surface area contributed by atoms with E-state index in [1.165, 1.54) is 19.1 Å². The molecule has 0 fully saturated rings. The number of alkyl halides is 6. The molecule has 0 aromatic heterocycles. The zero-order chi connectivity index (χ0) is 21.0. The van der Waals surface area contributed by atoms with Crippen molar-refractivity contribution in [1.29, 1.82) is 5.26 Å². The van der Waals surface area contributed by atoms with Gasteiger partial charge in [0.25, 0.3) is 0 Å². The lowest BCUT2D eigenvalue weighted by molar-refractivity contribution is -0.138. The Kier molecular flexibility index (Phi) is 6.46. The lowest BCUT2D eigenvalue weighted by Crippen LogP contribution is -2.07. The Bertz CT molecular complexity index is 882. The number of Topliss-reactive ketones (excluding diaryl/α,β-unsaturated/α-hetero) is 1. The van der Waals surface area contributed by atoms with Crippen molar-refractivity contribution in [2.24, 2.45) is 0 Å². The minimum atomic E-state index is -4.47. The van der Waals surface area contributed by atoms with E-state index < -0.39 is 29.3 Å². The van der Waals surface area contributed by atoms with Gasteiger partial charge in [-0.25, -0.2) is 0 Å². The number of carbonyl (C=O) groups excluding carboxylic acids is 1. The van der Waals surface area contributed by atoms with Crippen LogP contribution in [0.2, 0.25) is 0 Å². The highest BCUT2D eigenvalue weighted by molar-refractivity contribution is 5.95. The van der Waals surface area contributed by atoms with Gasteiger partial charge in [-0.2, -0.15) is 31.6 Å². The highest BCUT2D eigenvalue weighted by Gasteiger charge is 2.31. The highest BCUT2D eigenvalue weighted by atomic mass is 19.4. The number of nitrogens with two attached hydrogens (primary N) is 2. The van der Waals surface area contributed by atoms with Crippen molar-refractivity contribution < 1.29 is 31.1 Å². The van der Waals surface area contributed by atoms with Crippen molar-refractivity contribution in [2.75, 3.05) is 11.5 Å². The first-order valence-corrected chi connectivity index (χ1v) is 7.10. The van der Waals surface area contributed by atoms with Crippen molar-refractivity contribution >= 4 is 17.2 Å². The fourth-order valence-electron chi connectivity index (χ4n) is 1.90. The van der Waals surface area contributed by atoms with Crippen LogP contribution in [0.4, 0.5) is 37.7 Å². The van der Waals surface area contributed by atoms with Crippen molar-refractivity contribution in [3.8, 4) is 6.07 Å². The van der Waals surface area contributed by atoms with Crippen molar-refractivity contribution in [1.82, 2.24) is 0 Å². The van der Waals surface area contributed by atoms with Crippen LogP contribution in [0.5, 0.6) is 0 Å². The van der Waals surface area contributed by atoms with Gasteiger partial charge in [-0.05, 0) is 43.3 Å². The molecule has 0 aliphatic rings. The summed E-state index contributed by atoms with van der Waals surface area (Å²) < 4.78 is 73.1. The molecule has 0 aliphatic carbocycles. The molecule has 27 heavy (non-hydrogen) atoms. The fraction of sp³-hybridized carbons (Fsp3) is 0.176. The first kappa shape index (κ1) is 21.8. The van der Waals surface area contributed by atoms with Crippen LogP contribution < -0.4 is 11.5 Å². The van der Waals surface area contributed by atoms with Gasteiger partial charge in [0, 0.05) is 16.9 Å². The molecule has 0 unspecified atom stereocenters. The van der Waals surface area contributed by atoms with Crippen molar-refractivity contribution in [3.63, 3.8) is 0 Å². The van der Waals surface area contributed by atoms with E-state index in [0.29, 0.717) is 0 Å². The number of anilines is 2. The number of nitriles is 1. The van der Waals surface area contributed by atoms with Crippen LogP contribution in [0.1, 0.15) is 34.0 Å². The second-order valence-electron chi connectivity index (χ2n) is 5.35. The first-order valence-electron chi connectivity index (χ1n) is 7.10. The number of carbonyl (C=O) groups is 1. The molecular formula is C17H13F6N3O. The lowest BCUT2D eigenvalue weighted by atomic mass is 10.1. The zero-order valence-corrected chi connectivity index (χ0v) is 13.7. The molecule has 0 heterocycles. The van der Waals surface area contributed by atoms with Crippen LogP contribution in [0, 0.1) is 11.3 Å². The summed E-state index contributed by atoms with van der Waals surface area (Å²) in [5.74, 6) is -0.442. The largest absolute Gasteiger partial charge is 0.416 e. The second kappa shape index (κ2) is 7.99. The number of nitrogen functional groups attached to an aromatic ring is 2. The van der Waals surface area contributed by atoms with Gasteiger partial charge in [-0.15, -0.1) is 0 Å². The molecule has 2 aromatic rings. The van der Waals surface area contributed by atoms with Gasteiger partial charge in [-0.1, -0.05) is 0 Å². The summed E-state index contributed by atoms with van der Waals surface area (Å²) in [6.45, 7) is 1.19. The first-order chi connectivity index (χ1) is 12.2. The van der Waals surface area contributed by atoms with Crippen LogP contribution in [0.25, 0.3) is 0 Å². The molecule has 144 valence electrons. The third-order valence-electron chi connectivity index (χ3n) is 3.10. The summed E-state index contributed by atoms with van der Waals surface area (Å²) in [6, 6.07) is 7.15. The van der Waals surface area contributed by atoms with E-state index in [2.05, 4.69) is 0 Å². The molecule has 0 saturated carbocycles. The van der Waals surface area contributed by atoms with E-state index in [9.17, 15) is 31.1 Å². The average molecular weight is 389 g/mol. The van der Waals surface area contributed by atoms with Gasteiger partial charge in [0.15, 0.2) is 5.78 Å². The lowest BCUT2D eigenvalue weighted by Gasteiger charge is -2.08. The molecule has 0 atom stereocenters. The molecular weight excluding hydrogens is 376 g/mol. The maximum absolute atomic E-state index is 12.2. The summed E-state index contributed by atoms with van der Waals surface area (Å²) >= 11 is 0. The fourth-order valence-corrected chi connectivity index (χ4v) is 1.90. The smallest absolute Gasteiger partial charge is 0.399 e. The molecule has 2 rings (SSSR count). The van der Waals surface area contributed by atoms with Gasteiger partial charge in [0.1, 0.15) is 0 Å². The second-order valence-corrected chi connectivity index (χ2v) is 5.35. The number of halogens is 6. The predicted molar refractivity (Wildman–Crippen MR) is 86.4 cm³/mol. The van der Waals surface area contributed by atoms with E-state index in [1.54, 1.807) is 6.07 Å². The predicted octanol–water partition coefficient (Wildman–Crippen LogP) is 4.65. The molecule has 4 N–H and O–H groups in total. The summed E-state index contributed by atoms with van der Waals surface area (Å²) in [5, 5.41) is 8.38. The number of rotatable bonds is 1. The summed E-state index contributed by atoms with van der Waals surface area (Å²) in [6.07, 6.45) is -8.93. The Hall–Kier alpha value is -3.22. The highest BCUT2D eigenvalue weighted by Crippen LogP contribution is 2.32. The van der Waals surface area contributed by atoms with E-state index >= 15 is 0 Å². The molecule has 0 radical (unpaired) electrons. The number of hydrogen-bond acceptors (Lipinski definition) is 4. The van der Waals surface area contributed by atoms with Gasteiger partial charge in [-0.3, -0.25) is 4.79 Å². The summed E-state index contributed by atoms with van der Waals surface area (Å²) in [5.41, 5.74) is 8.37. The molecule has 0 amide bonds. The number of benzene rings is 2. The maximum atomic E-state index is 12.2. The minimum absolute atomic E-state index is 0.0303. The van der Waals surface area contributed by atoms with E-state index in [4.69, 9.17) is 16.7 Å². The minimum Gasteiger partial charge on any atom is -0.399 e. The van der Waals surface area contributed by atoms with Crippen LogP contribution in [0.15, 0.2) is 36.4 Å². The van der Waals surface area contributed by atoms with Crippen molar-refractivity contribution in [2.45, 2.75) is 19.3 Å². The molecule has 2 aromatic carbocycles. The number of nitrogens with zero attached hydrogens (tertiary/aromatic N) is 1. The Labute approximate surface area is 150 Å². The summed E-state index contributed by atoms with van der Waals surface area (Å²) in [4.78, 5) is 10.9. The summed E-state index contributed by atoms with van der Waals surface area (Å²) in [7, 11) is 0. The van der Waals surface area contributed by atoms with E-state index in [-0.39, 0.29) is 22.5 Å². The quantitative estimate of drug-likeness (QED) is 0.422. The topological polar surface area (TPSA) is 92.9 Å². The number of hydrogen-bond donors (Lipinski definition) is 2. The van der Waals surface area contributed by atoms with E-state index in [1.807, 2.05) is 0 Å². The van der Waals surface area contributed by atoms with Crippen LogP contribution >= 0.6 is 0 Å². The van der Waals surface area contributed by atoms with Crippen LogP contribution in [0.3, 0.4) is 0 Å².